The molecule has 0 aromatic heterocycles. The molecule has 0 saturated heterocycles. The molecule has 2 rings (SSSR count). The molecule has 2 aromatic carbocycles. The Hall–Kier alpha value is -1.96. The third kappa shape index (κ3) is 2.34. The first kappa shape index (κ1) is 10.6. The van der Waals surface area contributed by atoms with Gasteiger partial charge in [-0.05, 0) is 49.2 Å². The van der Waals surface area contributed by atoms with E-state index in [1.54, 1.807) is 12.1 Å². The van der Waals surface area contributed by atoms with Crippen molar-refractivity contribution < 1.29 is 9.84 Å². The summed E-state index contributed by atoms with van der Waals surface area (Å²) >= 11 is 0. The second-order valence-electron chi connectivity index (χ2n) is 3.89. The quantitative estimate of drug-likeness (QED) is 0.823. The van der Waals surface area contributed by atoms with Crippen molar-refractivity contribution in [2.45, 2.75) is 13.8 Å². The first-order chi connectivity index (χ1) is 7.65. The Kier molecular flexibility index (Phi) is 2.82. The van der Waals surface area contributed by atoms with E-state index in [2.05, 4.69) is 0 Å². The van der Waals surface area contributed by atoms with Gasteiger partial charge in [-0.1, -0.05) is 18.2 Å². The molecule has 0 heterocycles. The average molecular weight is 214 g/mol. The summed E-state index contributed by atoms with van der Waals surface area (Å²) < 4.78 is 5.59. The Morgan fingerprint density at radius 2 is 1.69 bits per heavy atom. The smallest absolute Gasteiger partial charge is 0.169 e. The number of aromatic hydroxyl groups is 1. The Bertz CT molecular complexity index is 504. The van der Waals surface area contributed by atoms with Crippen LogP contribution in [-0.2, 0) is 0 Å². The number of rotatable bonds is 2. The predicted molar refractivity (Wildman–Crippen MR) is 64.1 cm³/mol. The van der Waals surface area contributed by atoms with E-state index < -0.39 is 0 Å². The zero-order valence-corrected chi connectivity index (χ0v) is 9.40. The first-order valence-electron chi connectivity index (χ1n) is 5.19. The number of ether oxygens (including phenoxy) is 1. The molecule has 0 aliphatic carbocycles. The number of hydrogen-bond donors (Lipinski definition) is 1. The van der Waals surface area contributed by atoms with Crippen LogP contribution in [0.2, 0.25) is 0 Å². The fraction of sp³-hybridized carbons (Fsp3) is 0.143. The predicted octanol–water partition coefficient (Wildman–Crippen LogP) is 3.80. The van der Waals surface area contributed by atoms with Gasteiger partial charge in [0.15, 0.2) is 11.5 Å². The summed E-state index contributed by atoms with van der Waals surface area (Å²) in [6, 6.07) is 13.1. The molecule has 82 valence electrons. The van der Waals surface area contributed by atoms with E-state index in [4.69, 9.17) is 4.74 Å². The minimum absolute atomic E-state index is 0.168. The van der Waals surface area contributed by atoms with Crippen molar-refractivity contribution in [1.29, 1.82) is 0 Å². The molecular weight excluding hydrogens is 200 g/mol. The minimum atomic E-state index is 0.168. The highest BCUT2D eigenvalue weighted by Crippen LogP contribution is 2.31. The van der Waals surface area contributed by atoms with Crippen molar-refractivity contribution in [3.63, 3.8) is 0 Å². The van der Waals surface area contributed by atoms with Gasteiger partial charge in [0.05, 0.1) is 0 Å². The SMILES string of the molecule is Cc1cccc(Oc2ccc(C)cc2O)c1. The Balaban J connectivity index is 2.27. The van der Waals surface area contributed by atoms with E-state index in [-0.39, 0.29) is 5.75 Å². The summed E-state index contributed by atoms with van der Waals surface area (Å²) in [5, 5.41) is 9.70. The lowest BCUT2D eigenvalue weighted by Gasteiger charge is -2.08. The van der Waals surface area contributed by atoms with Crippen LogP contribution in [0.1, 0.15) is 11.1 Å². The fourth-order valence-corrected chi connectivity index (χ4v) is 1.52. The van der Waals surface area contributed by atoms with Crippen LogP contribution in [0.3, 0.4) is 0 Å². The van der Waals surface area contributed by atoms with E-state index in [9.17, 15) is 5.11 Å². The molecular formula is C14H14O2. The molecule has 0 amide bonds. The summed E-state index contributed by atoms with van der Waals surface area (Å²) in [5.74, 6) is 1.39. The van der Waals surface area contributed by atoms with Gasteiger partial charge in [-0.25, -0.2) is 0 Å². The standard InChI is InChI=1S/C14H14O2/c1-10-4-3-5-12(8-10)16-14-7-6-11(2)9-13(14)15/h3-9,15H,1-2H3. The minimum Gasteiger partial charge on any atom is -0.504 e. The van der Waals surface area contributed by atoms with Crippen molar-refractivity contribution in [1.82, 2.24) is 0 Å². The highest BCUT2D eigenvalue weighted by Gasteiger charge is 2.03. The van der Waals surface area contributed by atoms with E-state index >= 15 is 0 Å². The number of benzene rings is 2. The van der Waals surface area contributed by atoms with Crippen molar-refractivity contribution in [2.75, 3.05) is 0 Å². The maximum Gasteiger partial charge on any atom is 0.169 e. The van der Waals surface area contributed by atoms with Crippen LogP contribution < -0.4 is 4.74 Å². The summed E-state index contributed by atoms with van der Waals surface area (Å²) in [6.07, 6.45) is 0. The van der Waals surface area contributed by atoms with Gasteiger partial charge < -0.3 is 9.84 Å². The van der Waals surface area contributed by atoms with Crippen LogP contribution in [0.25, 0.3) is 0 Å². The average Bonchev–Trinajstić information content (AvgIpc) is 2.22. The molecule has 0 spiro atoms. The number of hydrogen-bond acceptors (Lipinski definition) is 2. The second-order valence-corrected chi connectivity index (χ2v) is 3.89. The highest BCUT2D eigenvalue weighted by molar-refractivity contribution is 5.44. The van der Waals surface area contributed by atoms with Crippen molar-refractivity contribution in [3.05, 3.63) is 53.6 Å². The molecule has 2 heteroatoms. The molecule has 16 heavy (non-hydrogen) atoms. The summed E-state index contributed by atoms with van der Waals surface area (Å²) in [6.45, 7) is 3.93. The molecule has 0 aliphatic heterocycles. The lowest BCUT2D eigenvalue weighted by atomic mass is 10.2. The van der Waals surface area contributed by atoms with Crippen molar-refractivity contribution in [3.8, 4) is 17.2 Å². The zero-order valence-electron chi connectivity index (χ0n) is 9.40. The highest BCUT2D eigenvalue weighted by atomic mass is 16.5. The third-order valence-electron chi connectivity index (χ3n) is 2.33. The normalized spacial score (nSPS) is 10.1. The summed E-state index contributed by atoms with van der Waals surface area (Å²) in [4.78, 5) is 0. The molecule has 0 fully saturated rings. The van der Waals surface area contributed by atoms with Crippen molar-refractivity contribution >= 4 is 0 Å². The summed E-state index contributed by atoms with van der Waals surface area (Å²) in [5.41, 5.74) is 2.14. The van der Waals surface area contributed by atoms with Gasteiger partial charge in [-0.2, -0.15) is 0 Å². The van der Waals surface area contributed by atoms with Gasteiger partial charge >= 0.3 is 0 Å². The fourth-order valence-electron chi connectivity index (χ4n) is 1.52. The molecule has 0 bridgehead atoms. The van der Waals surface area contributed by atoms with Crippen LogP contribution >= 0.6 is 0 Å². The monoisotopic (exact) mass is 214 g/mol. The Morgan fingerprint density at radius 3 is 2.38 bits per heavy atom. The van der Waals surface area contributed by atoms with E-state index in [1.807, 2.05) is 44.2 Å². The molecule has 0 atom stereocenters. The number of phenolic OH excluding ortho intramolecular Hbond substituents is 1. The maximum absolute atomic E-state index is 9.70. The number of aryl methyl sites for hydroxylation is 2. The molecule has 1 N–H and O–H groups in total. The number of phenols is 1. The first-order valence-corrected chi connectivity index (χ1v) is 5.19. The third-order valence-corrected chi connectivity index (χ3v) is 2.33. The molecule has 0 aliphatic rings. The summed E-state index contributed by atoms with van der Waals surface area (Å²) in [7, 11) is 0. The van der Waals surface area contributed by atoms with Crippen LogP contribution in [0, 0.1) is 13.8 Å². The van der Waals surface area contributed by atoms with E-state index in [0.29, 0.717) is 5.75 Å². The van der Waals surface area contributed by atoms with Gasteiger partial charge in [0, 0.05) is 0 Å². The Labute approximate surface area is 95.1 Å². The molecule has 0 radical (unpaired) electrons. The largest absolute Gasteiger partial charge is 0.504 e. The van der Waals surface area contributed by atoms with Gasteiger partial charge in [-0.15, -0.1) is 0 Å². The van der Waals surface area contributed by atoms with Crippen LogP contribution in [0.4, 0.5) is 0 Å². The molecule has 0 unspecified atom stereocenters. The van der Waals surface area contributed by atoms with Gasteiger partial charge in [0.1, 0.15) is 5.75 Å². The molecule has 0 saturated carbocycles. The van der Waals surface area contributed by atoms with Crippen LogP contribution in [0.15, 0.2) is 42.5 Å². The van der Waals surface area contributed by atoms with Crippen molar-refractivity contribution in [2.24, 2.45) is 0 Å². The topological polar surface area (TPSA) is 29.5 Å². The van der Waals surface area contributed by atoms with Gasteiger partial charge in [0.25, 0.3) is 0 Å². The van der Waals surface area contributed by atoms with E-state index in [1.165, 1.54) is 0 Å². The molecule has 2 aromatic rings. The van der Waals surface area contributed by atoms with Gasteiger partial charge in [0.2, 0.25) is 0 Å². The second kappa shape index (κ2) is 4.27. The lowest BCUT2D eigenvalue weighted by Crippen LogP contribution is -1.86. The van der Waals surface area contributed by atoms with E-state index in [0.717, 1.165) is 16.9 Å². The Morgan fingerprint density at radius 1 is 0.938 bits per heavy atom. The van der Waals surface area contributed by atoms with Crippen LogP contribution in [-0.4, -0.2) is 5.11 Å². The lowest BCUT2D eigenvalue weighted by molar-refractivity contribution is 0.411. The maximum atomic E-state index is 9.70. The zero-order chi connectivity index (χ0) is 11.5. The molecule has 2 nitrogen and oxygen atoms in total. The van der Waals surface area contributed by atoms with Crippen LogP contribution in [0.5, 0.6) is 17.2 Å². The van der Waals surface area contributed by atoms with Gasteiger partial charge in [-0.3, -0.25) is 0 Å².